The highest BCUT2D eigenvalue weighted by Gasteiger charge is 2.61. The van der Waals surface area contributed by atoms with Gasteiger partial charge in [-0.2, -0.15) is 0 Å². The van der Waals surface area contributed by atoms with Crippen LogP contribution in [0.1, 0.15) is 17.0 Å². The fourth-order valence-corrected chi connectivity index (χ4v) is 7.63. The van der Waals surface area contributed by atoms with Gasteiger partial charge in [-0.15, -0.1) is 0 Å². The SMILES string of the molecule is O=C(OCC1c2ccccc2-c2ccccc21)N1C[C@@H]2CS(=O)(=O)C[C@]2(C(=O)O)C1. The highest BCUT2D eigenvalue weighted by Crippen LogP contribution is 2.46. The molecule has 3 aliphatic rings. The maximum atomic E-state index is 12.7. The van der Waals surface area contributed by atoms with Crippen molar-refractivity contribution in [2.45, 2.75) is 5.92 Å². The first-order valence-corrected chi connectivity index (χ1v) is 11.7. The number of carboxylic acids is 1. The van der Waals surface area contributed by atoms with Crippen LogP contribution in [0.3, 0.4) is 0 Å². The van der Waals surface area contributed by atoms with E-state index in [0.29, 0.717) is 0 Å². The smallest absolute Gasteiger partial charge is 0.409 e. The molecule has 0 bridgehead atoms. The standard InChI is InChI=1S/C22H21NO6S/c24-20(25)22-12-23(9-14(22)11-30(27,28)13-22)21(26)29-10-19-17-7-3-1-5-15(17)16-6-2-4-8-18(16)19/h1-8,14,19H,9-13H2,(H,24,25)/t14-,22-/m1/s1. The molecule has 2 heterocycles. The van der Waals surface area contributed by atoms with Crippen LogP contribution in [0.15, 0.2) is 48.5 Å². The Morgan fingerprint density at radius 3 is 2.23 bits per heavy atom. The molecule has 1 aliphatic carbocycles. The van der Waals surface area contributed by atoms with Crippen LogP contribution in [0.2, 0.25) is 0 Å². The van der Waals surface area contributed by atoms with Gasteiger partial charge in [-0.3, -0.25) is 4.79 Å². The molecule has 2 aliphatic heterocycles. The molecule has 8 heteroatoms. The first-order chi connectivity index (χ1) is 14.3. The van der Waals surface area contributed by atoms with Crippen molar-refractivity contribution in [3.8, 4) is 11.1 Å². The highest BCUT2D eigenvalue weighted by molar-refractivity contribution is 7.91. The van der Waals surface area contributed by atoms with Crippen molar-refractivity contribution in [1.82, 2.24) is 4.90 Å². The monoisotopic (exact) mass is 427 g/mol. The molecule has 7 nitrogen and oxygen atoms in total. The topological polar surface area (TPSA) is 101 Å². The van der Waals surface area contributed by atoms with E-state index < -0.39 is 39.0 Å². The normalized spacial score (nSPS) is 26.1. The number of carboxylic acid groups (broad SMARTS) is 1. The Bertz CT molecular complexity index is 1110. The Morgan fingerprint density at radius 2 is 1.67 bits per heavy atom. The van der Waals surface area contributed by atoms with E-state index >= 15 is 0 Å². The highest BCUT2D eigenvalue weighted by atomic mass is 32.2. The number of carbonyl (C=O) groups is 2. The first-order valence-electron chi connectivity index (χ1n) is 9.84. The van der Waals surface area contributed by atoms with Crippen molar-refractivity contribution in [3.63, 3.8) is 0 Å². The third kappa shape index (κ3) is 2.81. The van der Waals surface area contributed by atoms with Crippen molar-refractivity contribution in [2.75, 3.05) is 31.2 Å². The molecule has 2 atom stereocenters. The lowest BCUT2D eigenvalue weighted by Crippen LogP contribution is -2.40. The fraction of sp³-hybridized carbons (Fsp3) is 0.364. The Morgan fingerprint density at radius 1 is 1.07 bits per heavy atom. The summed E-state index contributed by atoms with van der Waals surface area (Å²) in [4.78, 5) is 26.0. The summed E-state index contributed by atoms with van der Waals surface area (Å²) in [6, 6.07) is 16.0. The van der Waals surface area contributed by atoms with Gasteiger partial charge in [0.15, 0.2) is 9.84 Å². The molecule has 0 aromatic heterocycles. The van der Waals surface area contributed by atoms with Crippen molar-refractivity contribution in [3.05, 3.63) is 59.7 Å². The predicted molar refractivity (Wildman–Crippen MR) is 109 cm³/mol. The van der Waals surface area contributed by atoms with Crippen LogP contribution >= 0.6 is 0 Å². The number of sulfone groups is 1. The number of hydrogen-bond acceptors (Lipinski definition) is 5. The van der Waals surface area contributed by atoms with E-state index in [1.807, 2.05) is 36.4 Å². The number of nitrogens with zero attached hydrogens (tertiary/aromatic N) is 1. The van der Waals surface area contributed by atoms with Gasteiger partial charge in [0.25, 0.3) is 0 Å². The van der Waals surface area contributed by atoms with Crippen LogP contribution < -0.4 is 0 Å². The summed E-state index contributed by atoms with van der Waals surface area (Å²) in [5, 5.41) is 9.68. The van der Waals surface area contributed by atoms with Gasteiger partial charge in [0.1, 0.15) is 12.0 Å². The summed E-state index contributed by atoms with van der Waals surface area (Å²) in [7, 11) is -3.41. The van der Waals surface area contributed by atoms with E-state index in [1.54, 1.807) is 0 Å². The number of likely N-dealkylation sites (tertiary alicyclic amines) is 1. The fourth-order valence-electron chi connectivity index (χ4n) is 5.24. The van der Waals surface area contributed by atoms with E-state index in [0.717, 1.165) is 22.3 Å². The van der Waals surface area contributed by atoms with Crippen LogP contribution in [-0.2, 0) is 19.4 Å². The number of amides is 1. The molecule has 2 aromatic carbocycles. The van der Waals surface area contributed by atoms with Crippen LogP contribution in [-0.4, -0.2) is 61.7 Å². The van der Waals surface area contributed by atoms with Crippen LogP contribution in [0.4, 0.5) is 4.79 Å². The van der Waals surface area contributed by atoms with Gasteiger partial charge >= 0.3 is 12.1 Å². The van der Waals surface area contributed by atoms with Gasteiger partial charge in [-0.25, -0.2) is 13.2 Å². The minimum absolute atomic E-state index is 0.0855. The average molecular weight is 427 g/mol. The summed E-state index contributed by atoms with van der Waals surface area (Å²) in [5.74, 6) is -2.47. The van der Waals surface area contributed by atoms with Crippen LogP contribution in [0, 0.1) is 11.3 Å². The summed E-state index contributed by atoms with van der Waals surface area (Å²) >= 11 is 0. The number of rotatable bonds is 3. The second-order valence-corrected chi connectivity index (χ2v) is 10.5. The van der Waals surface area contributed by atoms with Gasteiger partial charge < -0.3 is 14.7 Å². The Hall–Kier alpha value is -2.87. The Labute approximate surface area is 174 Å². The Balaban J connectivity index is 1.33. The molecule has 2 fully saturated rings. The zero-order valence-corrected chi connectivity index (χ0v) is 17.0. The van der Waals surface area contributed by atoms with E-state index in [2.05, 4.69) is 12.1 Å². The van der Waals surface area contributed by atoms with Gasteiger partial charge in [-0.05, 0) is 22.3 Å². The van der Waals surface area contributed by atoms with Crippen molar-refractivity contribution < 1.29 is 27.9 Å². The minimum atomic E-state index is -3.41. The lowest BCUT2D eigenvalue weighted by Gasteiger charge is -2.22. The first kappa shape index (κ1) is 19.1. The molecule has 0 radical (unpaired) electrons. The van der Waals surface area contributed by atoms with Gasteiger partial charge in [0, 0.05) is 24.9 Å². The zero-order chi connectivity index (χ0) is 21.1. The average Bonchev–Trinajstić information content (AvgIpc) is 3.30. The van der Waals surface area contributed by atoms with Crippen molar-refractivity contribution in [2.24, 2.45) is 11.3 Å². The minimum Gasteiger partial charge on any atom is -0.481 e. The van der Waals surface area contributed by atoms with E-state index in [4.69, 9.17) is 4.74 Å². The molecule has 2 saturated heterocycles. The summed E-state index contributed by atoms with van der Waals surface area (Å²) < 4.78 is 29.5. The third-order valence-electron chi connectivity index (χ3n) is 6.65. The number of benzene rings is 2. The van der Waals surface area contributed by atoms with Gasteiger partial charge in [-0.1, -0.05) is 48.5 Å². The molecule has 0 spiro atoms. The van der Waals surface area contributed by atoms with E-state index in [-0.39, 0.29) is 31.4 Å². The summed E-state index contributed by atoms with van der Waals surface area (Å²) in [6.07, 6.45) is -0.593. The van der Waals surface area contributed by atoms with E-state index in [9.17, 15) is 23.1 Å². The molecule has 0 unspecified atom stereocenters. The predicted octanol–water partition coefficient (Wildman–Crippen LogP) is 2.37. The van der Waals surface area contributed by atoms with E-state index in [1.165, 1.54) is 4.90 Å². The lowest BCUT2D eigenvalue weighted by molar-refractivity contribution is -0.148. The number of ether oxygens (including phenoxy) is 1. The number of carbonyl (C=O) groups excluding carboxylic acids is 1. The summed E-state index contributed by atoms with van der Waals surface area (Å²) in [5.41, 5.74) is 3.01. The maximum Gasteiger partial charge on any atom is 0.409 e. The summed E-state index contributed by atoms with van der Waals surface area (Å²) in [6.45, 7) is 0.0947. The quantitative estimate of drug-likeness (QED) is 0.807. The third-order valence-corrected chi connectivity index (χ3v) is 8.51. The zero-order valence-electron chi connectivity index (χ0n) is 16.2. The van der Waals surface area contributed by atoms with Crippen molar-refractivity contribution in [1.29, 1.82) is 0 Å². The van der Waals surface area contributed by atoms with Gasteiger partial charge in [0.05, 0.1) is 11.5 Å². The molecule has 156 valence electrons. The molecule has 2 aromatic rings. The molecule has 1 amide bonds. The molecule has 30 heavy (non-hydrogen) atoms. The second-order valence-electron chi connectivity index (χ2n) is 8.40. The molecule has 1 N–H and O–H groups in total. The van der Waals surface area contributed by atoms with Crippen molar-refractivity contribution >= 4 is 21.9 Å². The maximum absolute atomic E-state index is 12.7. The number of aliphatic carboxylic acids is 1. The number of hydrogen-bond donors (Lipinski definition) is 1. The van der Waals surface area contributed by atoms with Crippen LogP contribution in [0.5, 0.6) is 0 Å². The second kappa shape index (κ2) is 6.57. The molecular formula is C22H21NO6S. The van der Waals surface area contributed by atoms with Crippen LogP contribution in [0.25, 0.3) is 11.1 Å². The molecule has 5 rings (SSSR count). The van der Waals surface area contributed by atoms with Gasteiger partial charge in [0.2, 0.25) is 0 Å². The lowest BCUT2D eigenvalue weighted by atomic mass is 9.81. The molecular weight excluding hydrogens is 406 g/mol. The number of fused-ring (bicyclic) bond motifs is 4. The largest absolute Gasteiger partial charge is 0.481 e. The Kier molecular flexibility index (Phi) is 4.18. The molecule has 0 saturated carbocycles.